The lowest BCUT2D eigenvalue weighted by Gasteiger charge is -2.11. The Morgan fingerprint density at radius 1 is 0.844 bits per heavy atom. The second kappa shape index (κ2) is 9.76. The molecule has 0 heterocycles. The van der Waals surface area contributed by atoms with Gasteiger partial charge in [0.25, 0.3) is 5.91 Å². The van der Waals surface area contributed by atoms with Crippen LogP contribution < -0.4 is 15.4 Å². The molecule has 0 aliphatic heterocycles. The van der Waals surface area contributed by atoms with Crippen LogP contribution in [0.1, 0.15) is 34.0 Å². The second-order valence-electron chi connectivity index (χ2n) is 7.43. The van der Waals surface area contributed by atoms with Gasteiger partial charge >= 0.3 is 0 Å². The largest absolute Gasteiger partial charge is 0.326 e. The third-order valence-corrected chi connectivity index (χ3v) is 6.44. The average molecular weight is 452 g/mol. The van der Waals surface area contributed by atoms with Gasteiger partial charge in [-0.05, 0) is 73.0 Å². The van der Waals surface area contributed by atoms with Crippen LogP contribution in [0.2, 0.25) is 0 Å². The van der Waals surface area contributed by atoms with E-state index in [2.05, 4.69) is 15.4 Å². The summed E-state index contributed by atoms with van der Waals surface area (Å²) in [5.74, 6) is -0.463. The van der Waals surface area contributed by atoms with Crippen molar-refractivity contribution in [2.75, 3.05) is 10.6 Å². The summed E-state index contributed by atoms with van der Waals surface area (Å²) in [5, 5.41) is 5.49. The summed E-state index contributed by atoms with van der Waals surface area (Å²) in [6.45, 7) is 5.39. The Hall–Kier alpha value is -3.49. The molecule has 0 aromatic heterocycles. The second-order valence-corrected chi connectivity index (χ2v) is 9.20. The molecule has 0 aliphatic carbocycles. The summed E-state index contributed by atoms with van der Waals surface area (Å²) < 4.78 is 27.6. The molecule has 0 bridgehead atoms. The Kier molecular flexibility index (Phi) is 7.07. The standard InChI is InChI=1S/C24H25N3O4S/c1-16-5-4-6-23(17(16)2)27-24(29)20-9-7-19(8-10-20)15-25-32(30,31)22-13-11-21(12-14-22)26-18(3)28/h4-14,25H,15H2,1-3H3,(H,26,28)(H,27,29). The number of nitrogens with one attached hydrogen (secondary N) is 3. The van der Waals surface area contributed by atoms with Crippen LogP contribution >= 0.6 is 0 Å². The highest BCUT2D eigenvalue weighted by Crippen LogP contribution is 2.19. The highest BCUT2D eigenvalue weighted by atomic mass is 32.2. The van der Waals surface area contributed by atoms with Gasteiger partial charge in [-0.2, -0.15) is 0 Å². The number of sulfonamides is 1. The predicted octanol–water partition coefficient (Wildman–Crippen LogP) is 3.99. The van der Waals surface area contributed by atoms with E-state index in [0.29, 0.717) is 16.8 Å². The van der Waals surface area contributed by atoms with E-state index in [0.717, 1.165) is 16.8 Å². The number of benzene rings is 3. The average Bonchev–Trinajstić information content (AvgIpc) is 2.76. The minimum absolute atomic E-state index is 0.0780. The molecule has 0 fully saturated rings. The Morgan fingerprint density at radius 3 is 2.12 bits per heavy atom. The normalized spacial score (nSPS) is 11.1. The maximum Gasteiger partial charge on any atom is 0.255 e. The van der Waals surface area contributed by atoms with Gasteiger partial charge in [-0.25, -0.2) is 13.1 Å². The molecule has 3 aromatic carbocycles. The van der Waals surface area contributed by atoms with Crippen LogP contribution in [-0.4, -0.2) is 20.2 Å². The molecule has 3 N–H and O–H groups in total. The van der Waals surface area contributed by atoms with Crippen molar-refractivity contribution in [2.45, 2.75) is 32.2 Å². The first-order chi connectivity index (χ1) is 15.2. The van der Waals surface area contributed by atoms with Crippen LogP contribution in [0.5, 0.6) is 0 Å². The lowest BCUT2D eigenvalue weighted by atomic mass is 10.1. The van der Waals surface area contributed by atoms with Gasteiger partial charge in [0.2, 0.25) is 15.9 Å². The maximum absolute atomic E-state index is 12.5. The molecule has 0 saturated heterocycles. The third-order valence-electron chi connectivity index (χ3n) is 5.02. The Bertz CT molecular complexity index is 1240. The molecule has 0 radical (unpaired) electrons. The molecule has 8 heteroatoms. The van der Waals surface area contributed by atoms with E-state index in [1.54, 1.807) is 24.3 Å². The molecule has 3 aromatic rings. The summed E-state index contributed by atoms with van der Waals surface area (Å²) in [6.07, 6.45) is 0. The maximum atomic E-state index is 12.5. The van der Waals surface area contributed by atoms with Gasteiger partial charge in [0, 0.05) is 30.4 Å². The fourth-order valence-corrected chi connectivity index (χ4v) is 4.06. The van der Waals surface area contributed by atoms with E-state index in [-0.39, 0.29) is 23.3 Å². The van der Waals surface area contributed by atoms with Crippen molar-refractivity contribution in [3.05, 3.63) is 89.0 Å². The minimum atomic E-state index is -3.72. The first-order valence-corrected chi connectivity index (χ1v) is 11.5. The molecule has 0 unspecified atom stereocenters. The van der Waals surface area contributed by atoms with Gasteiger partial charge in [-0.3, -0.25) is 9.59 Å². The van der Waals surface area contributed by atoms with E-state index < -0.39 is 10.0 Å². The fourth-order valence-electron chi connectivity index (χ4n) is 3.04. The van der Waals surface area contributed by atoms with Crippen molar-refractivity contribution < 1.29 is 18.0 Å². The summed E-state index contributed by atoms with van der Waals surface area (Å²) in [5.41, 5.74) is 4.58. The molecule has 3 rings (SSSR count). The SMILES string of the molecule is CC(=O)Nc1ccc(S(=O)(=O)NCc2ccc(C(=O)Nc3cccc(C)c3C)cc2)cc1. The topological polar surface area (TPSA) is 104 Å². The zero-order valence-electron chi connectivity index (χ0n) is 18.1. The van der Waals surface area contributed by atoms with Crippen LogP contribution in [0.3, 0.4) is 0 Å². The minimum Gasteiger partial charge on any atom is -0.326 e. The molecule has 0 spiro atoms. The molecule has 7 nitrogen and oxygen atoms in total. The van der Waals surface area contributed by atoms with E-state index in [9.17, 15) is 18.0 Å². The van der Waals surface area contributed by atoms with E-state index >= 15 is 0 Å². The van der Waals surface area contributed by atoms with Crippen molar-refractivity contribution in [1.82, 2.24) is 4.72 Å². The number of aryl methyl sites for hydroxylation is 1. The van der Waals surface area contributed by atoms with Gasteiger partial charge < -0.3 is 10.6 Å². The summed E-state index contributed by atoms with van der Waals surface area (Å²) >= 11 is 0. The fraction of sp³-hybridized carbons (Fsp3) is 0.167. The van der Waals surface area contributed by atoms with Crippen molar-refractivity contribution in [1.29, 1.82) is 0 Å². The van der Waals surface area contributed by atoms with Gasteiger partial charge in [-0.15, -0.1) is 0 Å². The lowest BCUT2D eigenvalue weighted by molar-refractivity contribution is -0.114. The van der Waals surface area contributed by atoms with Crippen molar-refractivity contribution in [3.63, 3.8) is 0 Å². The summed E-state index contributed by atoms with van der Waals surface area (Å²) in [4.78, 5) is 23.7. The quantitative estimate of drug-likeness (QED) is 0.505. The van der Waals surface area contributed by atoms with Crippen molar-refractivity contribution >= 4 is 33.2 Å². The third kappa shape index (κ3) is 5.81. The Labute approximate surface area is 187 Å². The number of carbonyl (C=O) groups is 2. The van der Waals surface area contributed by atoms with Crippen molar-refractivity contribution in [2.24, 2.45) is 0 Å². The Balaban J connectivity index is 1.62. The highest BCUT2D eigenvalue weighted by Gasteiger charge is 2.14. The molecule has 32 heavy (non-hydrogen) atoms. The zero-order chi connectivity index (χ0) is 23.3. The molecule has 0 saturated carbocycles. The lowest BCUT2D eigenvalue weighted by Crippen LogP contribution is -2.23. The first kappa shape index (κ1) is 23.2. The number of anilines is 2. The molecular formula is C24H25N3O4S. The molecule has 0 atom stereocenters. The van der Waals surface area contributed by atoms with E-state index in [1.807, 2.05) is 32.0 Å². The van der Waals surface area contributed by atoms with Gasteiger partial charge in [0.1, 0.15) is 0 Å². The van der Waals surface area contributed by atoms with Gasteiger partial charge in [0.05, 0.1) is 4.90 Å². The summed E-state index contributed by atoms with van der Waals surface area (Å²) in [7, 11) is -3.72. The first-order valence-electron chi connectivity index (χ1n) is 9.99. The monoisotopic (exact) mass is 451 g/mol. The Morgan fingerprint density at radius 2 is 1.50 bits per heavy atom. The number of hydrogen-bond donors (Lipinski definition) is 3. The van der Waals surface area contributed by atoms with Crippen molar-refractivity contribution in [3.8, 4) is 0 Å². The number of carbonyl (C=O) groups excluding carboxylic acids is 2. The van der Waals surface area contributed by atoms with Crippen LogP contribution in [-0.2, 0) is 21.4 Å². The highest BCUT2D eigenvalue weighted by molar-refractivity contribution is 7.89. The number of rotatable bonds is 7. The van der Waals surface area contributed by atoms with Crippen LogP contribution in [0, 0.1) is 13.8 Å². The summed E-state index contributed by atoms with van der Waals surface area (Å²) in [6, 6.07) is 18.4. The van der Waals surface area contributed by atoms with Crippen LogP contribution in [0.25, 0.3) is 0 Å². The molecule has 166 valence electrons. The smallest absolute Gasteiger partial charge is 0.255 e. The van der Waals surface area contributed by atoms with Gasteiger partial charge in [0.15, 0.2) is 0 Å². The van der Waals surface area contributed by atoms with Crippen LogP contribution in [0.15, 0.2) is 71.6 Å². The van der Waals surface area contributed by atoms with Crippen LogP contribution in [0.4, 0.5) is 11.4 Å². The van der Waals surface area contributed by atoms with Gasteiger partial charge in [-0.1, -0.05) is 24.3 Å². The number of amides is 2. The zero-order valence-corrected chi connectivity index (χ0v) is 18.9. The number of hydrogen-bond acceptors (Lipinski definition) is 4. The molecule has 0 aliphatic rings. The molecule has 2 amide bonds. The van der Waals surface area contributed by atoms with E-state index in [1.165, 1.54) is 31.2 Å². The molecular weight excluding hydrogens is 426 g/mol. The predicted molar refractivity (Wildman–Crippen MR) is 125 cm³/mol. The van der Waals surface area contributed by atoms with E-state index in [4.69, 9.17) is 0 Å².